The minimum absolute atomic E-state index is 0.00194. The van der Waals surface area contributed by atoms with Gasteiger partial charge in [0, 0.05) is 18.1 Å². The summed E-state index contributed by atoms with van der Waals surface area (Å²) in [5.41, 5.74) is 0. The van der Waals surface area contributed by atoms with E-state index in [0.29, 0.717) is 6.04 Å². The van der Waals surface area contributed by atoms with Crippen LogP contribution in [0.2, 0.25) is 0 Å². The van der Waals surface area contributed by atoms with E-state index in [2.05, 4.69) is 5.32 Å². The van der Waals surface area contributed by atoms with E-state index in [1.165, 1.54) is 4.90 Å². The van der Waals surface area contributed by atoms with Crippen LogP contribution in [0.15, 0.2) is 0 Å². The number of carboxylic acids is 1. The molecule has 0 spiro atoms. The zero-order valence-corrected chi connectivity index (χ0v) is 10.3. The molecule has 2 bridgehead atoms. The molecule has 0 saturated carbocycles. The van der Waals surface area contributed by atoms with Crippen molar-refractivity contribution in [2.24, 2.45) is 5.92 Å². The largest absolute Gasteiger partial charge is 0.480 e. The van der Waals surface area contributed by atoms with Crippen molar-refractivity contribution in [3.8, 4) is 0 Å². The highest BCUT2D eigenvalue weighted by Gasteiger charge is 2.44. The van der Waals surface area contributed by atoms with Crippen molar-refractivity contribution in [3.05, 3.63) is 0 Å². The first-order valence-corrected chi connectivity index (χ1v) is 6.27. The summed E-state index contributed by atoms with van der Waals surface area (Å²) in [4.78, 5) is 24.6. The summed E-state index contributed by atoms with van der Waals surface area (Å²) in [6, 6.07) is 0.674. The molecule has 0 aromatic heterocycles. The van der Waals surface area contributed by atoms with Gasteiger partial charge in [-0.3, -0.25) is 9.59 Å². The number of fused-ring (bicyclic) bond motifs is 2. The third-order valence-corrected chi connectivity index (χ3v) is 3.83. The lowest BCUT2D eigenvalue weighted by molar-refractivity contribution is -0.148. The molecular weight excluding hydrogens is 220 g/mol. The molecule has 0 aliphatic carbocycles. The van der Waals surface area contributed by atoms with Gasteiger partial charge in [-0.1, -0.05) is 0 Å². The topological polar surface area (TPSA) is 69.6 Å². The normalized spacial score (nSPS) is 30.9. The number of hydrogen-bond donors (Lipinski definition) is 2. The average molecular weight is 240 g/mol. The van der Waals surface area contributed by atoms with Crippen molar-refractivity contribution in [1.29, 1.82) is 0 Å². The minimum atomic E-state index is -0.942. The maximum absolute atomic E-state index is 12.3. The number of aliphatic carboxylic acids is 1. The zero-order valence-electron chi connectivity index (χ0n) is 10.3. The Bertz CT molecular complexity index is 330. The summed E-state index contributed by atoms with van der Waals surface area (Å²) in [6.07, 6.45) is 3.06. The second-order valence-corrected chi connectivity index (χ2v) is 5.34. The number of rotatable bonds is 4. The summed E-state index contributed by atoms with van der Waals surface area (Å²) < 4.78 is 0. The Balaban J connectivity index is 2.03. The van der Waals surface area contributed by atoms with Gasteiger partial charge in [-0.2, -0.15) is 0 Å². The van der Waals surface area contributed by atoms with Gasteiger partial charge < -0.3 is 15.3 Å². The fourth-order valence-electron chi connectivity index (χ4n) is 2.97. The molecule has 17 heavy (non-hydrogen) atoms. The van der Waals surface area contributed by atoms with Gasteiger partial charge in [-0.05, 0) is 33.1 Å². The standard InChI is InChI=1S/C12H20N2O3/c1-7(2)14(6-11(15)16)12(17)9-5-8-3-4-10(9)13-8/h7-10,13H,3-6H2,1-2H3,(H,15,16). The van der Waals surface area contributed by atoms with E-state index in [1.54, 1.807) is 0 Å². The first-order valence-electron chi connectivity index (χ1n) is 6.27. The predicted octanol–water partition coefficient (Wildman–Crippen LogP) is 0.449. The number of nitrogens with one attached hydrogen (secondary N) is 1. The molecule has 1 amide bonds. The van der Waals surface area contributed by atoms with E-state index in [0.717, 1.165) is 19.3 Å². The highest BCUT2D eigenvalue weighted by molar-refractivity contribution is 5.84. The fourth-order valence-corrected chi connectivity index (χ4v) is 2.97. The maximum Gasteiger partial charge on any atom is 0.323 e. The molecule has 2 aliphatic rings. The second kappa shape index (κ2) is 4.64. The molecule has 2 fully saturated rings. The predicted molar refractivity (Wildman–Crippen MR) is 62.5 cm³/mol. The maximum atomic E-state index is 12.3. The van der Waals surface area contributed by atoms with E-state index < -0.39 is 5.97 Å². The molecule has 3 atom stereocenters. The second-order valence-electron chi connectivity index (χ2n) is 5.34. The summed E-state index contributed by atoms with van der Waals surface area (Å²) in [7, 11) is 0. The summed E-state index contributed by atoms with van der Waals surface area (Å²) in [5.74, 6) is -0.958. The van der Waals surface area contributed by atoms with E-state index in [-0.39, 0.29) is 30.5 Å². The molecule has 5 heteroatoms. The average Bonchev–Trinajstić information content (AvgIpc) is 2.85. The molecule has 96 valence electrons. The van der Waals surface area contributed by atoms with Crippen LogP contribution in [0.4, 0.5) is 0 Å². The molecule has 2 saturated heterocycles. The third-order valence-electron chi connectivity index (χ3n) is 3.83. The number of amides is 1. The Morgan fingerprint density at radius 2 is 2.12 bits per heavy atom. The van der Waals surface area contributed by atoms with E-state index in [1.807, 2.05) is 13.8 Å². The number of nitrogens with zero attached hydrogens (tertiary/aromatic N) is 1. The Kier molecular flexibility index (Phi) is 3.38. The molecule has 0 aromatic rings. The van der Waals surface area contributed by atoms with Gasteiger partial charge in [0.05, 0.1) is 5.92 Å². The molecule has 0 aromatic carbocycles. The van der Waals surface area contributed by atoms with Crippen LogP contribution in [0.3, 0.4) is 0 Å². The van der Waals surface area contributed by atoms with E-state index >= 15 is 0 Å². The van der Waals surface area contributed by atoms with Gasteiger partial charge in [-0.25, -0.2) is 0 Å². The number of carboxylic acid groups (broad SMARTS) is 1. The van der Waals surface area contributed by atoms with Crippen molar-refractivity contribution in [2.75, 3.05) is 6.54 Å². The Morgan fingerprint density at radius 1 is 1.41 bits per heavy atom. The van der Waals surface area contributed by atoms with Crippen LogP contribution in [-0.2, 0) is 9.59 Å². The summed E-state index contributed by atoms with van der Waals surface area (Å²) >= 11 is 0. The highest BCUT2D eigenvalue weighted by atomic mass is 16.4. The molecular formula is C12H20N2O3. The lowest BCUT2D eigenvalue weighted by Crippen LogP contribution is -2.46. The Morgan fingerprint density at radius 3 is 2.53 bits per heavy atom. The van der Waals surface area contributed by atoms with Crippen molar-refractivity contribution in [2.45, 2.75) is 51.2 Å². The zero-order chi connectivity index (χ0) is 12.6. The van der Waals surface area contributed by atoms with Crippen molar-refractivity contribution in [3.63, 3.8) is 0 Å². The SMILES string of the molecule is CC(C)N(CC(=O)O)C(=O)C1CC2CCC1N2. The Labute approximate surface area is 101 Å². The van der Waals surface area contributed by atoms with Gasteiger partial charge in [0.15, 0.2) is 0 Å². The van der Waals surface area contributed by atoms with E-state index in [9.17, 15) is 9.59 Å². The molecule has 2 aliphatic heterocycles. The van der Waals surface area contributed by atoms with Crippen LogP contribution in [0.25, 0.3) is 0 Å². The van der Waals surface area contributed by atoms with Gasteiger partial charge in [0.2, 0.25) is 5.91 Å². The van der Waals surface area contributed by atoms with Crippen molar-refractivity contribution < 1.29 is 14.7 Å². The van der Waals surface area contributed by atoms with Crippen LogP contribution in [0, 0.1) is 5.92 Å². The lowest BCUT2D eigenvalue weighted by Gasteiger charge is -2.30. The molecule has 3 unspecified atom stereocenters. The fraction of sp³-hybridized carbons (Fsp3) is 0.833. The van der Waals surface area contributed by atoms with Crippen LogP contribution in [0.5, 0.6) is 0 Å². The van der Waals surface area contributed by atoms with Crippen LogP contribution in [-0.4, -0.2) is 46.6 Å². The Hall–Kier alpha value is -1.10. The quantitative estimate of drug-likeness (QED) is 0.748. The lowest BCUT2D eigenvalue weighted by atomic mass is 9.88. The number of carbonyl (C=O) groups excluding carboxylic acids is 1. The highest BCUT2D eigenvalue weighted by Crippen LogP contribution is 2.34. The van der Waals surface area contributed by atoms with Crippen LogP contribution in [0.1, 0.15) is 33.1 Å². The van der Waals surface area contributed by atoms with Gasteiger partial charge in [-0.15, -0.1) is 0 Å². The van der Waals surface area contributed by atoms with E-state index in [4.69, 9.17) is 5.11 Å². The first-order chi connectivity index (χ1) is 7.99. The molecule has 2 heterocycles. The summed E-state index contributed by atoms with van der Waals surface area (Å²) in [5, 5.41) is 12.3. The minimum Gasteiger partial charge on any atom is -0.480 e. The molecule has 2 N–H and O–H groups in total. The summed E-state index contributed by atoms with van der Waals surface area (Å²) in [6.45, 7) is 3.54. The third kappa shape index (κ3) is 2.44. The van der Waals surface area contributed by atoms with Crippen molar-refractivity contribution in [1.82, 2.24) is 10.2 Å². The molecule has 2 rings (SSSR count). The number of hydrogen-bond acceptors (Lipinski definition) is 3. The van der Waals surface area contributed by atoms with Crippen LogP contribution < -0.4 is 5.32 Å². The first kappa shape index (κ1) is 12.4. The van der Waals surface area contributed by atoms with Gasteiger partial charge >= 0.3 is 5.97 Å². The molecule has 5 nitrogen and oxygen atoms in total. The van der Waals surface area contributed by atoms with Gasteiger partial charge in [0.25, 0.3) is 0 Å². The van der Waals surface area contributed by atoms with Crippen LogP contribution >= 0.6 is 0 Å². The monoisotopic (exact) mass is 240 g/mol. The van der Waals surface area contributed by atoms with Crippen molar-refractivity contribution >= 4 is 11.9 Å². The number of carbonyl (C=O) groups is 2. The van der Waals surface area contributed by atoms with Gasteiger partial charge in [0.1, 0.15) is 6.54 Å². The smallest absolute Gasteiger partial charge is 0.323 e. The molecule has 0 radical (unpaired) electrons.